The lowest BCUT2D eigenvalue weighted by Gasteiger charge is -2.23. The van der Waals surface area contributed by atoms with E-state index < -0.39 is 0 Å². The summed E-state index contributed by atoms with van der Waals surface area (Å²) in [6.07, 6.45) is 1.05. The van der Waals surface area contributed by atoms with Gasteiger partial charge in [-0.15, -0.1) is 0 Å². The van der Waals surface area contributed by atoms with Gasteiger partial charge in [-0.2, -0.15) is 0 Å². The van der Waals surface area contributed by atoms with Gasteiger partial charge in [0.25, 0.3) is 11.8 Å². The molecule has 0 saturated heterocycles. The average molecular weight is 431 g/mol. The third-order valence-corrected chi connectivity index (χ3v) is 5.60. The molecule has 0 bridgehead atoms. The van der Waals surface area contributed by atoms with Crippen LogP contribution >= 0.6 is 0 Å². The topological polar surface area (TPSA) is 67.4 Å². The van der Waals surface area contributed by atoms with E-state index in [4.69, 9.17) is 4.74 Å². The molecule has 2 N–H and O–H groups in total. The Morgan fingerprint density at radius 1 is 0.875 bits per heavy atom. The lowest BCUT2D eigenvalue weighted by Crippen LogP contribution is -2.20. The molecule has 3 rings (SSSR count). The molecule has 32 heavy (non-hydrogen) atoms. The molecule has 5 nitrogen and oxygen atoms in total. The number of benzene rings is 3. The van der Waals surface area contributed by atoms with Gasteiger partial charge in [0.2, 0.25) is 0 Å². The Labute approximate surface area is 189 Å². The fourth-order valence-electron chi connectivity index (χ4n) is 3.18. The monoisotopic (exact) mass is 430 g/mol. The summed E-state index contributed by atoms with van der Waals surface area (Å²) in [7, 11) is 0. The van der Waals surface area contributed by atoms with Gasteiger partial charge in [-0.3, -0.25) is 9.59 Å². The van der Waals surface area contributed by atoms with Crippen LogP contribution in [-0.2, 0) is 10.2 Å². The normalized spacial score (nSPS) is 11.0. The van der Waals surface area contributed by atoms with Crippen LogP contribution in [0.2, 0.25) is 0 Å². The number of nitrogens with one attached hydrogen (secondary N) is 2. The van der Waals surface area contributed by atoms with Gasteiger partial charge in [0.1, 0.15) is 5.75 Å². The van der Waals surface area contributed by atoms with Gasteiger partial charge in [-0.1, -0.05) is 50.6 Å². The van der Waals surface area contributed by atoms with Gasteiger partial charge in [0.15, 0.2) is 6.61 Å². The molecular formula is C27H30N2O3. The van der Waals surface area contributed by atoms with Crippen LogP contribution in [0.1, 0.15) is 48.7 Å². The van der Waals surface area contributed by atoms with Crippen LogP contribution in [0, 0.1) is 6.92 Å². The molecule has 0 aliphatic heterocycles. The van der Waals surface area contributed by atoms with Gasteiger partial charge >= 0.3 is 0 Å². The van der Waals surface area contributed by atoms with E-state index >= 15 is 0 Å². The molecule has 0 unspecified atom stereocenters. The molecular weight excluding hydrogens is 400 g/mol. The lowest BCUT2D eigenvalue weighted by molar-refractivity contribution is -0.118. The van der Waals surface area contributed by atoms with E-state index in [0.29, 0.717) is 22.7 Å². The third kappa shape index (κ3) is 6.20. The largest absolute Gasteiger partial charge is 0.484 e. The molecule has 0 atom stereocenters. The Morgan fingerprint density at radius 2 is 1.50 bits per heavy atom. The highest BCUT2D eigenvalue weighted by Crippen LogP contribution is 2.28. The number of carbonyl (C=O) groups is 2. The lowest BCUT2D eigenvalue weighted by atomic mass is 9.82. The van der Waals surface area contributed by atoms with Crippen molar-refractivity contribution in [2.24, 2.45) is 0 Å². The Morgan fingerprint density at radius 3 is 2.09 bits per heavy atom. The summed E-state index contributed by atoms with van der Waals surface area (Å²) < 4.78 is 5.61. The number of anilines is 2. The Hall–Kier alpha value is -3.60. The van der Waals surface area contributed by atoms with Crippen molar-refractivity contribution in [1.82, 2.24) is 0 Å². The van der Waals surface area contributed by atoms with Crippen molar-refractivity contribution in [1.29, 1.82) is 0 Å². The van der Waals surface area contributed by atoms with Gasteiger partial charge in [0, 0.05) is 16.9 Å². The summed E-state index contributed by atoms with van der Waals surface area (Å²) in [5, 5.41) is 5.66. The zero-order chi connectivity index (χ0) is 23.1. The summed E-state index contributed by atoms with van der Waals surface area (Å²) in [5.41, 5.74) is 4.27. The number of hydrogen-bond donors (Lipinski definition) is 2. The average Bonchev–Trinajstić information content (AvgIpc) is 2.79. The van der Waals surface area contributed by atoms with Crippen molar-refractivity contribution < 1.29 is 14.3 Å². The van der Waals surface area contributed by atoms with E-state index in [-0.39, 0.29) is 23.8 Å². The maximum absolute atomic E-state index is 12.3. The molecule has 3 aromatic rings. The number of ether oxygens (including phenoxy) is 1. The molecule has 0 aliphatic carbocycles. The number of amides is 2. The van der Waals surface area contributed by atoms with Crippen LogP contribution in [-0.4, -0.2) is 18.4 Å². The molecule has 3 aromatic carbocycles. The number of rotatable bonds is 8. The molecule has 166 valence electrons. The van der Waals surface area contributed by atoms with Crippen molar-refractivity contribution in [3.63, 3.8) is 0 Å². The Kier molecular flexibility index (Phi) is 7.31. The molecule has 0 fully saturated rings. The standard InChI is InChI=1S/C27H30N2O3/c1-5-27(3,4)21-9-15-24(16-10-21)32-18-25(30)28-22-11-13-23(14-12-22)29-26(31)20-8-6-7-19(2)17-20/h6-17H,5,18H2,1-4H3,(H,28,30)(H,29,31). The maximum atomic E-state index is 12.3. The summed E-state index contributed by atoms with van der Waals surface area (Å²) >= 11 is 0. The Balaban J connectivity index is 1.50. The molecule has 5 heteroatoms. The molecule has 0 heterocycles. The predicted octanol–water partition coefficient (Wildman–Crippen LogP) is 5.95. The highest BCUT2D eigenvalue weighted by molar-refractivity contribution is 6.04. The van der Waals surface area contributed by atoms with Gasteiger partial charge in [0.05, 0.1) is 0 Å². The summed E-state index contributed by atoms with van der Waals surface area (Å²) in [6.45, 7) is 8.44. The van der Waals surface area contributed by atoms with Crippen LogP contribution < -0.4 is 15.4 Å². The van der Waals surface area contributed by atoms with E-state index in [2.05, 4.69) is 31.4 Å². The van der Waals surface area contributed by atoms with Crippen LogP contribution in [0.5, 0.6) is 5.75 Å². The van der Waals surface area contributed by atoms with Crippen molar-refractivity contribution in [2.75, 3.05) is 17.2 Å². The quantitative estimate of drug-likeness (QED) is 0.464. The maximum Gasteiger partial charge on any atom is 0.262 e. The minimum Gasteiger partial charge on any atom is -0.484 e. The summed E-state index contributed by atoms with van der Waals surface area (Å²) in [4.78, 5) is 24.6. The second kappa shape index (κ2) is 10.1. The second-order valence-electron chi connectivity index (χ2n) is 8.50. The first-order chi connectivity index (χ1) is 15.3. The first kappa shape index (κ1) is 23.1. The van der Waals surface area contributed by atoms with E-state index in [9.17, 15) is 9.59 Å². The zero-order valence-electron chi connectivity index (χ0n) is 19.1. The molecule has 0 spiro atoms. The van der Waals surface area contributed by atoms with Gasteiger partial charge in [-0.25, -0.2) is 0 Å². The second-order valence-corrected chi connectivity index (χ2v) is 8.50. The van der Waals surface area contributed by atoms with Gasteiger partial charge < -0.3 is 15.4 Å². The van der Waals surface area contributed by atoms with Crippen LogP contribution in [0.25, 0.3) is 0 Å². The number of aryl methyl sites for hydroxylation is 1. The van der Waals surface area contributed by atoms with Crippen LogP contribution in [0.4, 0.5) is 11.4 Å². The zero-order valence-corrected chi connectivity index (χ0v) is 19.1. The number of carbonyl (C=O) groups excluding carboxylic acids is 2. The van der Waals surface area contributed by atoms with E-state index in [1.54, 1.807) is 30.3 Å². The minimum absolute atomic E-state index is 0.0810. The first-order valence-corrected chi connectivity index (χ1v) is 10.8. The molecule has 0 aliphatic rings. The van der Waals surface area contributed by atoms with Crippen LogP contribution in [0.15, 0.2) is 72.8 Å². The molecule has 0 radical (unpaired) electrons. The summed E-state index contributed by atoms with van der Waals surface area (Å²) in [6, 6.07) is 22.3. The molecule has 0 saturated carbocycles. The van der Waals surface area contributed by atoms with Crippen LogP contribution in [0.3, 0.4) is 0 Å². The smallest absolute Gasteiger partial charge is 0.262 e. The number of hydrogen-bond acceptors (Lipinski definition) is 3. The molecule has 0 aromatic heterocycles. The highest BCUT2D eigenvalue weighted by Gasteiger charge is 2.17. The van der Waals surface area contributed by atoms with E-state index in [1.165, 1.54) is 5.56 Å². The van der Waals surface area contributed by atoms with Crippen molar-refractivity contribution in [2.45, 2.75) is 39.5 Å². The Bertz CT molecular complexity index is 1070. The van der Waals surface area contributed by atoms with Crippen molar-refractivity contribution in [3.8, 4) is 5.75 Å². The predicted molar refractivity (Wildman–Crippen MR) is 129 cm³/mol. The van der Waals surface area contributed by atoms with E-state index in [1.807, 2.05) is 49.4 Å². The fourth-order valence-corrected chi connectivity index (χ4v) is 3.18. The van der Waals surface area contributed by atoms with Crippen molar-refractivity contribution >= 4 is 23.2 Å². The molecule has 2 amide bonds. The third-order valence-electron chi connectivity index (χ3n) is 5.60. The van der Waals surface area contributed by atoms with E-state index in [0.717, 1.165) is 12.0 Å². The van der Waals surface area contributed by atoms with Crippen molar-refractivity contribution in [3.05, 3.63) is 89.5 Å². The fraction of sp³-hybridized carbons (Fsp3) is 0.259. The summed E-state index contributed by atoms with van der Waals surface area (Å²) in [5.74, 6) is 0.233. The highest BCUT2D eigenvalue weighted by atomic mass is 16.5. The first-order valence-electron chi connectivity index (χ1n) is 10.8. The SMILES string of the molecule is CCC(C)(C)c1ccc(OCC(=O)Nc2ccc(NC(=O)c3cccc(C)c3)cc2)cc1. The minimum atomic E-state index is -0.250. The van der Waals surface area contributed by atoms with Gasteiger partial charge in [-0.05, 0) is 72.9 Å².